The molecule has 4 rings (SSSR count). The third-order valence-corrected chi connectivity index (χ3v) is 5.96. The maximum absolute atomic E-state index is 12.8. The van der Waals surface area contributed by atoms with Crippen molar-refractivity contribution in [2.45, 2.75) is 13.0 Å². The van der Waals surface area contributed by atoms with Gasteiger partial charge in [0.1, 0.15) is 26.2 Å². The van der Waals surface area contributed by atoms with E-state index in [-0.39, 0.29) is 11.9 Å². The molecular weight excluding hydrogens is 366 g/mol. The van der Waals surface area contributed by atoms with Crippen molar-refractivity contribution in [1.29, 1.82) is 0 Å². The van der Waals surface area contributed by atoms with E-state index in [2.05, 4.69) is 38.3 Å². The van der Waals surface area contributed by atoms with E-state index in [0.717, 1.165) is 64.0 Å². The number of anilines is 3. The minimum Gasteiger partial charge on any atom is -0.378 e. The molecule has 0 bridgehead atoms. The van der Waals surface area contributed by atoms with Gasteiger partial charge < -0.3 is 19.9 Å². The molecule has 0 spiro atoms. The number of morpholine rings is 1. The number of piperazine rings is 1. The first-order valence-electron chi connectivity index (χ1n) is 10.5. The molecule has 0 unspecified atom stereocenters. The molecule has 2 aliphatic heterocycles. The number of nitrogens with zero attached hydrogens (tertiary/aromatic N) is 2. The number of quaternary nitrogens is 1. The van der Waals surface area contributed by atoms with Gasteiger partial charge in [-0.3, -0.25) is 9.69 Å². The van der Waals surface area contributed by atoms with Gasteiger partial charge in [0.05, 0.1) is 19.4 Å². The molecule has 2 saturated heterocycles. The van der Waals surface area contributed by atoms with Crippen LogP contribution in [-0.4, -0.2) is 64.4 Å². The third-order valence-electron chi connectivity index (χ3n) is 5.96. The predicted molar refractivity (Wildman–Crippen MR) is 113 cm³/mol. The fourth-order valence-corrected chi connectivity index (χ4v) is 4.06. The van der Waals surface area contributed by atoms with Crippen molar-refractivity contribution in [3.63, 3.8) is 0 Å². The Kier molecular flexibility index (Phi) is 6.27. The molecule has 1 aromatic carbocycles. The van der Waals surface area contributed by atoms with Crippen molar-refractivity contribution in [3.8, 4) is 0 Å². The lowest BCUT2D eigenvalue weighted by Crippen LogP contribution is -3.19. The second-order valence-electron chi connectivity index (χ2n) is 7.75. The molecule has 1 amide bonds. The van der Waals surface area contributed by atoms with Crippen molar-refractivity contribution in [3.05, 3.63) is 48.7 Å². The number of rotatable bonds is 5. The predicted octanol–water partition coefficient (Wildman–Crippen LogP) is 0.0694. The number of nitrogens with one attached hydrogen (secondary N) is 3. The van der Waals surface area contributed by atoms with Crippen molar-refractivity contribution in [2.24, 2.45) is 0 Å². The maximum Gasteiger partial charge on any atom is 0.282 e. The summed E-state index contributed by atoms with van der Waals surface area (Å²) in [6, 6.07) is 14.2. The average molecular weight is 398 g/mol. The van der Waals surface area contributed by atoms with Crippen LogP contribution >= 0.6 is 0 Å². The van der Waals surface area contributed by atoms with Gasteiger partial charge in [-0.25, -0.2) is 4.98 Å². The molecule has 7 heteroatoms. The molecule has 1 aromatic heterocycles. The normalized spacial score (nSPS) is 19.1. The van der Waals surface area contributed by atoms with Crippen molar-refractivity contribution < 1.29 is 19.4 Å². The first-order chi connectivity index (χ1) is 14.2. The zero-order valence-corrected chi connectivity index (χ0v) is 17.1. The van der Waals surface area contributed by atoms with E-state index in [4.69, 9.17) is 4.74 Å². The molecule has 154 valence electrons. The van der Waals surface area contributed by atoms with Crippen molar-refractivity contribution >= 4 is 23.1 Å². The van der Waals surface area contributed by atoms with Crippen LogP contribution in [0, 0.1) is 0 Å². The number of aromatic amines is 1. The number of carbonyl (C=O) groups is 1. The van der Waals surface area contributed by atoms with E-state index >= 15 is 0 Å². The van der Waals surface area contributed by atoms with Crippen LogP contribution in [0.5, 0.6) is 0 Å². The van der Waals surface area contributed by atoms with Crippen LogP contribution in [0.4, 0.5) is 17.2 Å². The van der Waals surface area contributed by atoms with Gasteiger partial charge in [-0.1, -0.05) is 6.07 Å². The van der Waals surface area contributed by atoms with Crippen LogP contribution in [0.3, 0.4) is 0 Å². The summed E-state index contributed by atoms with van der Waals surface area (Å²) in [6.07, 6.45) is 1.95. The largest absolute Gasteiger partial charge is 0.378 e. The summed E-state index contributed by atoms with van der Waals surface area (Å²) >= 11 is 0. The molecule has 3 N–H and O–H groups in total. The van der Waals surface area contributed by atoms with Gasteiger partial charge >= 0.3 is 0 Å². The van der Waals surface area contributed by atoms with Crippen LogP contribution in [-0.2, 0) is 9.53 Å². The fraction of sp³-hybridized carbons (Fsp3) is 0.455. The number of hydrogen-bond acceptors (Lipinski definition) is 4. The minimum absolute atomic E-state index is 0.0733. The highest BCUT2D eigenvalue weighted by Crippen LogP contribution is 2.19. The second kappa shape index (κ2) is 9.24. The average Bonchev–Trinajstić information content (AvgIpc) is 2.80. The van der Waals surface area contributed by atoms with Crippen LogP contribution < -0.4 is 25.0 Å². The first kappa shape index (κ1) is 19.7. The lowest BCUT2D eigenvalue weighted by Gasteiger charge is -2.31. The Labute approximate surface area is 172 Å². The molecule has 7 nitrogen and oxygen atoms in total. The topological polar surface area (TPSA) is 63.4 Å². The lowest BCUT2D eigenvalue weighted by molar-refractivity contribution is -0.914. The highest BCUT2D eigenvalue weighted by molar-refractivity contribution is 5.93. The highest BCUT2D eigenvalue weighted by atomic mass is 16.5. The molecule has 2 aliphatic rings. The van der Waals surface area contributed by atoms with Gasteiger partial charge in [-0.2, -0.15) is 0 Å². The number of aromatic nitrogens is 1. The maximum atomic E-state index is 12.8. The number of carbonyl (C=O) groups excluding carboxylic acids is 1. The Bertz CT molecular complexity index is 785. The van der Waals surface area contributed by atoms with Crippen LogP contribution in [0.25, 0.3) is 0 Å². The van der Waals surface area contributed by atoms with E-state index in [1.54, 1.807) is 0 Å². The summed E-state index contributed by atoms with van der Waals surface area (Å²) in [7, 11) is 0. The van der Waals surface area contributed by atoms with E-state index < -0.39 is 0 Å². The number of amides is 1. The summed E-state index contributed by atoms with van der Waals surface area (Å²) in [5.74, 6) is 1.22. The zero-order chi connectivity index (χ0) is 20.1. The number of benzene rings is 1. The van der Waals surface area contributed by atoms with Crippen LogP contribution in [0.2, 0.25) is 0 Å². The van der Waals surface area contributed by atoms with Crippen LogP contribution in [0.15, 0.2) is 48.7 Å². The monoisotopic (exact) mass is 397 g/mol. The lowest BCUT2D eigenvalue weighted by atomic mass is 10.2. The van der Waals surface area contributed by atoms with Gasteiger partial charge in [-0.05, 0) is 37.3 Å². The molecule has 2 fully saturated rings. The molecule has 29 heavy (non-hydrogen) atoms. The summed E-state index contributed by atoms with van der Waals surface area (Å²) in [5, 5.41) is 3.09. The molecule has 0 saturated carbocycles. The van der Waals surface area contributed by atoms with Gasteiger partial charge in [0.15, 0.2) is 6.04 Å². The number of ether oxygens (including phenoxy) is 1. The van der Waals surface area contributed by atoms with E-state index in [0.29, 0.717) is 0 Å². The SMILES string of the molecule is C[C@@H](C(=O)Nc1ccc(N2CCOCC2)cc1)[NH+]1CCN(c2cccc[nH+]2)CC1. The van der Waals surface area contributed by atoms with Gasteiger partial charge in [-0.15, -0.1) is 0 Å². The van der Waals surface area contributed by atoms with E-state index in [1.165, 1.54) is 10.6 Å². The molecule has 0 aliphatic carbocycles. The number of H-pyrrole nitrogens is 1. The molecule has 2 aromatic rings. The van der Waals surface area contributed by atoms with Crippen molar-refractivity contribution in [2.75, 3.05) is 67.6 Å². The molecular formula is C22H31N5O2+2. The van der Waals surface area contributed by atoms with Gasteiger partial charge in [0.25, 0.3) is 11.7 Å². The Balaban J connectivity index is 1.28. The molecule has 1 atom stereocenters. The van der Waals surface area contributed by atoms with Crippen LogP contribution in [0.1, 0.15) is 6.92 Å². The molecule has 0 radical (unpaired) electrons. The standard InChI is InChI=1S/C22H29N5O2/c1-18(25-10-12-27(13-11-25)21-4-2-3-9-23-21)22(28)24-19-5-7-20(8-6-19)26-14-16-29-17-15-26/h2-9,18H,10-17H2,1H3,(H,24,28)/p+2/t18-/m0/s1. The summed E-state index contributed by atoms with van der Waals surface area (Å²) in [6.45, 7) is 9.20. The summed E-state index contributed by atoms with van der Waals surface area (Å²) < 4.78 is 5.41. The Hall–Kier alpha value is -2.64. The van der Waals surface area contributed by atoms with E-state index in [9.17, 15) is 4.79 Å². The number of pyridine rings is 1. The number of hydrogen-bond donors (Lipinski definition) is 2. The second-order valence-corrected chi connectivity index (χ2v) is 7.75. The van der Waals surface area contributed by atoms with Gasteiger partial charge in [0.2, 0.25) is 0 Å². The molecule has 3 heterocycles. The first-order valence-corrected chi connectivity index (χ1v) is 10.5. The minimum atomic E-state index is -0.0733. The Morgan fingerprint density at radius 3 is 2.41 bits per heavy atom. The van der Waals surface area contributed by atoms with E-state index in [1.807, 2.05) is 37.4 Å². The van der Waals surface area contributed by atoms with Gasteiger partial charge in [0, 0.05) is 30.5 Å². The summed E-state index contributed by atoms with van der Waals surface area (Å²) in [5.41, 5.74) is 2.04. The zero-order valence-electron chi connectivity index (χ0n) is 17.1. The third kappa shape index (κ3) is 4.86. The van der Waals surface area contributed by atoms with Crippen molar-refractivity contribution in [1.82, 2.24) is 0 Å². The summed E-state index contributed by atoms with van der Waals surface area (Å²) in [4.78, 5) is 22.1. The highest BCUT2D eigenvalue weighted by Gasteiger charge is 2.32. The quantitative estimate of drug-likeness (QED) is 0.750. The fourth-order valence-electron chi connectivity index (χ4n) is 4.06. The Morgan fingerprint density at radius 1 is 1.03 bits per heavy atom. The Morgan fingerprint density at radius 2 is 1.76 bits per heavy atom. The smallest absolute Gasteiger partial charge is 0.282 e.